The number of likely N-dealkylation sites (tertiary alicyclic amines) is 1. The van der Waals surface area contributed by atoms with E-state index in [4.69, 9.17) is 9.72 Å². The van der Waals surface area contributed by atoms with E-state index in [2.05, 4.69) is 16.3 Å². The van der Waals surface area contributed by atoms with Crippen molar-refractivity contribution in [2.75, 3.05) is 25.5 Å². The van der Waals surface area contributed by atoms with Crippen molar-refractivity contribution in [3.05, 3.63) is 53.5 Å². The Morgan fingerprint density at radius 1 is 1.27 bits per heavy atom. The molecular formula is C20H21N3O2S. The zero-order valence-corrected chi connectivity index (χ0v) is 15.5. The van der Waals surface area contributed by atoms with Crippen LogP contribution in [0.4, 0.5) is 5.69 Å². The highest BCUT2D eigenvalue weighted by Crippen LogP contribution is 2.36. The Bertz CT molecular complexity index is 891. The van der Waals surface area contributed by atoms with Gasteiger partial charge < -0.3 is 10.1 Å². The van der Waals surface area contributed by atoms with Gasteiger partial charge in [0.05, 0.1) is 35.6 Å². The molecule has 134 valence electrons. The third-order valence-electron chi connectivity index (χ3n) is 4.69. The molecule has 1 unspecified atom stereocenters. The van der Waals surface area contributed by atoms with Crippen molar-refractivity contribution in [3.63, 3.8) is 0 Å². The lowest BCUT2D eigenvalue weighted by Gasteiger charge is -2.22. The molecule has 1 amide bonds. The second kappa shape index (κ2) is 7.43. The molecule has 6 heteroatoms. The predicted octanol–water partition coefficient (Wildman–Crippen LogP) is 4.08. The summed E-state index contributed by atoms with van der Waals surface area (Å²) < 4.78 is 6.51. The summed E-state index contributed by atoms with van der Waals surface area (Å²) in [6.07, 6.45) is 2.13. The number of carbonyl (C=O) groups is 1. The Morgan fingerprint density at radius 2 is 2.08 bits per heavy atom. The normalized spacial score (nSPS) is 17.5. The lowest BCUT2D eigenvalue weighted by Crippen LogP contribution is -2.33. The summed E-state index contributed by atoms with van der Waals surface area (Å²) in [7, 11) is 1.61. The topological polar surface area (TPSA) is 54.5 Å². The molecule has 0 radical (unpaired) electrons. The van der Waals surface area contributed by atoms with Crippen LogP contribution in [-0.4, -0.2) is 36.0 Å². The van der Waals surface area contributed by atoms with E-state index in [1.54, 1.807) is 18.4 Å². The number of methoxy groups -OCH3 is 1. The second-order valence-corrected chi connectivity index (χ2v) is 7.46. The molecule has 2 heterocycles. The number of thiazole rings is 1. The largest absolute Gasteiger partial charge is 0.495 e. The minimum absolute atomic E-state index is 0.0255. The molecule has 2 aromatic carbocycles. The van der Waals surface area contributed by atoms with Crippen molar-refractivity contribution < 1.29 is 9.53 Å². The minimum atomic E-state index is -0.0255. The Kier molecular flexibility index (Phi) is 4.86. The summed E-state index contributed by atoms with van der Waals surface area (Å²) in [6, 6.07) is 15.9. The van der Waals surface area contributed by atoms with Crippen LogP contribution >= 0.6 is 11.3 Å². The summed E-state index contributed by atoms with van der Waals surface area (Å²) in [5.41, 5.74) is 1.74. The van der Waals surface area contributed by atoms with Gasteiger partial charge in [-0.25, -0.2) is 4.98 Å². The van der Waals surface area contributed by atoms with Gasteiger partial charge in [0.1, 0.15) is 10.8 Å². The van der Waals surface area contributed by atoms with Crippen LogP contribution < -0.4 is 10.1 Å². The molecule has 4 rings (SSSR count). The first-order valence-corrected chi connectivity index (χ1v) is 9.58. The van der Waals surface area contributed by atoms with Gasteiger partial charge in [0, 0.05) is 0 Å². The standard InChI is InChI=1S/C20H21N3O2S/c1-25-17-10-4-2-7-14(17)21-19(24)13-23-12-6-9-16(23)20-22-15-8-3-5-11-18(15)26-20/h2-5,7-8,10-11,16H,6,9,12-13H2,1H3,(H,21,24). The highest BCUT2D eigenvalue weighted by Gasteiger charge is 2.30. The molecule has 0 aliphatic carbocycles. The van der Waals surface area contributed by atoms with E-state index in [0.717, 1.165) is 29.9 Å². The number of ether oxygens (including phenoxy) is 1. The van der Waals surface area contributed by atoms with Crippen LogP contribution in [0.3, 0.4) is 0 Å². The number of amides is 1. The third-order valence-corrected chi connectivity index (χ3v) is 5.82. The van der Waals surface area contributed by atoms with Crippen molar-refractivity contribution in [1.29, 1.82) is 0 Å². The number of carbonyl (C=O) groups excluding carboxylic acids is 1. The van der Waals surface area contributed by atoms with Crippen LogP contribution in [0.1, 0.15) is 23.9 Å². The molecule has 0 bridgehead atoms. The van der Waals surface area contributed by atoms with E-state index in [-0.39, 0.29) is 11.9 Å². The van der Waals surface area contributed by atoms with E-state index in [0.29, 0.717) is 18.0 Å². The minimum Gasteiger partial charge on any atom is -0.495 e. The fraction of sp³-hybridized carbons (Fsp3) is 0.300. The van der Waals surface area contributed by atoms with Crippen LogP contribution in [0.15, 0.2) is 48.5 Å². The van der Waals surface area contributed by atoms with Crippen LogP contribution in [-0.2, 0) is 4.79 Å². The number of para-hydroxylation sites is 3. The van der Waals surface area contributed by atoms with Gasteiger partial charge in [-0.3, -0.25) is 9.69 Å². The van der Waals surface area contributed by atoms with E-state index in [9.17, 15) is 4.79 Å². The SMILES string of the molecule is COc1ccccc1NC(=O)CN1CCCC1c1nc2ccccc2s1. The Balaban J connectivity index is 1.47. The first-order chi connectivity index (χ1) is 12.7. The molecule has 5 nitrogen and oxygen atoms in total. The number of rotatable bonds is 5. The van der Waals surface area contributed by atoms with Gasteiger partial charge in [-0.15, -0.1) is 11.3 Å². The summed E-state index contributed by atoms with van der Waals surface area (Å²) >= 11 is 1.73. The lowest BCUT2D eigenvalue weighted by atomic mass is 10.2. The third kappa shape index (κ3) is 3.43. The number of fused-ring (bicyclic) bond motifs is 1. The number of hydrogen-bond acceptors (Lipinski definition) is 5. The molecule has 1 N–H and O–H groups in total. The van der Waals surface area contributed by atoms with Gasteiger partial charge >= 0.3 is 0 Å². The Labute approximate surface area is 156 Å². The Hall–Kier alpha value is -2.44. The zero-order valence-electron chi connectivity index (χ0n) is 14.6. The smallest absolute Gasteiger partial charge is 0.238 e. The molecule has 0 spiro atoms. The van der Waals surface area contributed by atoms with E-state index in [1.807, 2.05) is 42.5 Å². The molecule has 3 aromatic rings. The van der Waals surface area contributed by atoms with Crippen molar-refractivity contribution >= 4 is 33.1 Å². The Morgan fingerprint density at radius 3 is 2.92 bits per heavy atom. The van der Waals surface area contributed by atoms with Crippen LogP contribution in [0.2, 0.25) is 0 Å². The van der Waals surface area contributed by atoms with Crippen LogP contribution in [0.25, 0.3) is 10.2 Å². The average Bonchev–Trinajstić information content (AvgIpc) is 3.28. The molecule has 1 aliphatic rings. The zero-order chi connectivity index (χ0) is 17.9. The van der Waals surface area contributed by atoms with Crippen molar-refractivity contribution in [1.82, 2.24) is 9.88 Å². The quantitative estimate of drug-likeness (QED) is 0.738. The number of benzene rings is 2. The van der Waals surface area contributed by atoms with Gasteiger partial charge in [-0.1, -0.05) is 24.3 Å². The first kappa shape index (κ1) is 17.0. The number of anilines is 1. The van der Waals surface area contributed by atoms with Gasteiger partial charge in [-0.2, -0.15) is 0 Å². The fourth-order valence-corrected chi connectivity index (χ4v) is 4.59. The highest BCUT2D eigenvalue weighted by molar-refractivity contribution is 7.18. The lowest BCUT2D eigenvalue weighted by molar-refractivity contribution is -0.117. The maximum atomic E-state index is 12.6. The fourth-order valence-electron chi connectivity index (χ4n) is 3.45. The maximum absolute atomic E-state index is 12.6. The van der Waals surface area contributed by atoms with Crippen LogP contribution in [0, 0.1) is 0 Å². The average molecular weight is 367 g/mol. The molecule has 1 aliphatic heterocycles. The second-order valence-electron chi connectivity index (χ2n) is 6.40. The molecular weight excluding hydrogens is 346 g/mol. The van der Waals surface area contributed by atoms with E-state index >= 15 is 0 Å². The van der Waals surface area contributed by atoms with Gasteiger partial charge in [0.2, 0.25) is 5.91 Å². The molecule has 1 aromatic heterocycles. The molecule has 1 saturated heterocycles. The maximum Gasteiger partial charge on any atom is 0.238 e. The van der Waals surface area contributed by atoms with Gasteiger partial charge in [0.15, 0.2) is 0 Å². The molecule has 0 saturated carbocycles. The van der Waals surface area contributed by atoms with Crippen molar-refractivity contribution in [2.24, 2.45) is 0 Å². The van der Waals surface area contributed by atoms with Gasteiger partial charge in [0.25, 0.3) is 0 Å². The summed E-state index contributed by atoms with van der Waals surface area (Å²) in [5, 5.41) is 4.07. The highest BCUT2D eigenvalue weighted by atomic mass is 32.1. The number of hydrogen-bond donors (Lipinski definition) is 1. The predicted molar refractivity (Wildman–Crippen MR) is 105 cm³/mol. The molecule has 26 heavy (non-hydrogen) atoms. The molecule has 1 atom stereocenters. The van der Waals surface area contributed by atoms with Crippen molar-refractivity contribution in [2.45, 2.75) is 18.9 Å². The number of nitrogens with zero attached hydrogens (tertiary/aromatic N) is 2. The summed E-state index contributed by atoms with van der Waals surface area (Å²) in [5.74, 6) is 0.646. The van der Waals surface area contributed by atoms with Gasteiger partial charge in [-0.05, 0) is 43.7 Å². The first-order valence-electron chi connectivity index (χ1n) is 8.77. The van der Waals surface area contributed by atoms with E-state index < -0.39 is 0 Å². The van der Waals surface area contributed by atoms with E-state index in [1.165, 1.54) is 4.70 Å². The summed E-state index contributed by atoms with van der Waals surface area (Å²) in [6.45, 7) is 1.28. The number of nitrogens with one attached hydrogen (secondary N) is 1. The monoisotopic (exact) mass is 367 g/mol. The molecule has 1 fully saturated rings. The van der Waals surface area contributed by atoms with Crippen LogP contribution in [0.5, 0.6) is 5.75 Å². The summed E-state index contributed by atoms with van der Waals surface area (Å²) in [4.78, 5) is 19.6. The number of aromatic nitrogens is 1. The van der Waals surface area contributed by atoms with Crippen molar-refractivity contribution in [3.8, 4) is 5.75 Å².